The predicted octanol–water partition coefficient (Wildman–Crippen LogP) is 1.62. The Morgan fingerprint density at radius 2 is 2.41 bits per heavy atom. The lowest BCUT2D eigenvalue weighted by atomic mass is 10.2. The minimum atomic E-state index is -0.188. The second-order valence-electron chi connectivity index (χ2n) is 4.84. The number of hydrogen-bond acceptors (Lipinski definition) is 3. The van der Waals surface area contributed by atoms with Crippen molar-refractivity contribution in [1.29, 1.82) is 0 Å². The molecule has 2 N–H and O–H groups in total. The van der Waals surface area contributed by atoms with Gasteiger partial charge in [0.1, 0.15) is 11.5 Å². The summed E-state index contributed by atoms with van der Waals surface area (Å²) in [6.07, 6.45) is 1.03. The molecule has 1 saturated carbocycles. The summed E-state index contributed by atoms with van der Waals surface area (Å²) in [5, 5.41) is 13.5. The van der Waals surface area contributed by atoms with Crippen LogP contribution < -0.4 is 5.32 Å². The van der Waals surface area contributed by atoms with Gasteiger partial charge in [0.15, 0.2) is 0 Å². The van der Waals surface area contributed by atoms with Crippen molar-refractivity contribution in [3.63, 3.8) is 0 Å². The van der Waals surface area contributed by atoms with E-state index in [1.165, 1.54) is 11.3 Å². The van der Waals surface area contributed by atoms with Gasteiger partial charge in [-0.2, -0.15) is 0 Å². The van der Waals surface area contributed by atoms with E-state index in [0.29, 0.717) is 10.4 Å². The number of carbonyl (C=O) groups excluding carboxylic acids is 1. The molecule has 0 bridgehead atoms. The molecule has 4 heteroatoms. The van der Waals surface area contributed by atoms with E-state index in [0.717, 1.165) is 6.42 Å². The largest absolute Gasteiger partial charge is 0.384 e. The Hall–Kier alpha value is -1.31. The van der Waals surface area contributed by atoms with Crippen LogP contribution in [0.4, 0.5) is 0 Å². The van der Waals surface area contributed by atoms with Crippen molar-refractivity contribution < 1.29 is 9.90 Å². The van der Waals surface area contributed by atoms with Crippen molar-refractivity contribution in [2.75, 3.05) is 6.61 Å². The third-order valence-corrected chi connectivity index (χ3v) is 3.91. The van der Waals surface area contributed by atoms with E-state index < -0.39 is 0 Å². The molecule has 2 rings (SSSR count). The molecule has 1 aromatic rings. The summed E-state index contributed by atoms with van der Waals surface area (Å²) < 4.78 is 0. The third-order valence-electron chi connectivity index (χ3n) is 2.99. The molecule has 3 nitrogen and oxygen atoms in total. The average Bonchev–Trinajstić information content (AvgIpc) is 2.71. The van der Waals surface area contributed by atoms with Crippen LogP contribution in [0.1, 0.15) is 35.5 Å². The van der Waals surface area contributed by atoms with Gasteiger partial charge in [0.05, 0.1) is 0 Å². The molecule has 1 atom stereocenters. The van der Waals surface area contributed by atoms with Crippen LogP contribution in [0.25, 0.3) is 0 Å². The van der Waals surface area contributed by atoms with Gasteiger partial charge in [-0.05, 0) is 23.3 Å². The number of amides is 1. The zero-order valence-corrected chi connectivity index (χ0v) is 10.7. The fraction of sp³-hybridized carbons (Fsp3) is 0.462. The SMILES string of the molecule is CC1(C)CC1NC(=O)c1sccc1C#CCO. The van der Waals surface area contributed by atoms with Crippen molar-refractivity contribution in [3.05, 3.63) is 21.9 Å². The minimum absolute atomic E-state index is 0.0576. The summed E-state index contributed by atoms with van der Waals surface area (Å²) >= 11 is 1.38. The number of rotatable bonds is 2. The highest BCUT2D eigenvalue weighted by Crippen LogP contribution is 2.44. The zero-order valence-electron chi connectivity index (χ0n) is 9.91. The molecule has 0 saturated heterocycles. The second-order valence-corrected chi connectivity index (χ2v) is 5.76. The van der Waals surface area contributed by atoms with Gasteiger partial charge in [0.2, 0.25) is 0 Å². The Morgan fingerprint density at radius 1 is 1.71 bits per heavy atom. The normalized spacial score (nSPS) is 20.3. The van der Waals surface area contributed by atoms with Crippen LogP contribution in [-0.2, 0) is 0 Å². The molecule has 0 radical (unpaired) electrons. The number of aliphatic hydroxyl groups excluding tert-OH is 1. The lowest BCUT2D eigenvalue weighted by molar-refractivity contribution is 0.0950. The van der Waals surface area contributed by atoms with E-state index in [4.69, 9.17) is 5.11 Å². The van der Waals surface area contributed by atoms with Crippen molar-refractivity contribution in [2.45, 2.75) is 26.3 Å². The van der Waals surface area contributed by atoms with Crippen LogP contribution in [0.5, 0.6) is 0 Å². The van der Waals surface area contributed by atoms with Gasteiger partial charge in [-0.3, -0.25) is 4.79 Å². The number of hydrogen-bond donors (Lipinski definition) is 2. The summed E-state index contributed by atoms with van der Waals surface area (Å²) in [4.78, 5) is 12.6. The van der Waals surface area contributed by atoms with E-state index >= 15 is 0 Å². The van der Waals surface area contributed by atoms with Crippen molar-refractivity contribution in [2.24, 2.45) is 5.41 Å². The lowest BCUT2D eigenvalue weighted by Crippen LogP contribution is -2.28. The summed E-state index contributed by atoms with van der Waals surface area (Å²) in [5.74, 6) is 5.29. The Balaban J connectivity index is 2.07. The second kappa shape index (κ2) is 4.52. The summed E-state index contributed by atoms with van der Waals surface area (Å²) in [6, 6.07) is 2.08. The van der Waals surface area contributed by atoms with Gasteiger partial charge in [0.25, 0.3) is 5.91 Å². The zero-order chi connectivity index (χ0) is 12.5. The minimum Gasteiger partial charge on any atom is -0.384 e. The third kappa shape index (κ3) is 2.68. The van der Waals surface area contributed by atoms with Crippen LogP contribution in [0.3, 0.4) is 0 Å². The van der Waals surface area contributed by atoms with Gasteiger partial charge in [0, 0.05) is 11.6 Å². The van der Waals surface area contributed by atoms with Crippen LogP contribution in [0.2, 0.25) is 0 Å². The molecule has 1 fully saturated rings. The fourth-order valence-corrected chi connectivity index (χ4v) is 2.41. The maximum atomic E-state index is 12.0. The molecule has 17 heavy (non-hydrogen) atoms. The molecule has 1 aliphatic rings. The average molecular weight is 249 g/mol. The van der Waals surface area contributed by atoms with E-state index in [-0.39, 0.29) is 24.0 Å². The van der Waals surface area contributed by atoms with Gasteiger partial charge in [-0.25, -0.2) is 0 Å². The number of aliphatic hydroxyl groups is 1. The first-order valence-corrected chi connectivity index (χ1v) is 6.40. The molecule has 0 spiro atoms. The topological polar surface area (TPSA) is 49.3 Å². The molecular formula is C13H15NO2S. The van der Waals surface area contributed by atoms with E-state index in [1.807, 2.05) is 5.38 Å². The lowest BCUT2D eigenvalue weighted by Gasteiger charge is -2.05. The smallest absolute Gasteiger partial charge is 0.262 e. The van der Waals surface area contributed by atoms with E-state index in [1.54, 1.807) is 6.07 Å². The fourth-order valence-electron chi connectivity index (χ4n) is 1.66. The molecule has 1 heterocycles. The molecule has 1 amide bonds. The highest BCUT2D eigenvalue weighted by molar-refractivity contribution is 7.12. The highest BCUT2D eigenvalue weighted by Gasteiger charge is 2.46. The summed E-state index contributed by atoms with van der Waals surface area (Å²) in [6.45, 7) is 4.09. The van der Waals surface area contributed by atoms with Crippen LogP contribution in [0.15, 0.2) is 11.4 Å². The highest BCUT2D eigenvalue weighted by atomic mass is 32.1. The van der Waals surface area contributed by atoms with Crippen molar-refractivity contribution in [1.82, 2.24) is 5.32 Å². The first-order chi connectivity index (χ1) is 8.04. The first kappa shape index (κ1) is 12.2. The van der Waals surface area contributed by atoms with Crippen LogP contribution >= 0.6 is 11.3 Å². The maximum Gasteiger partial charge on any atom is 0.262 e. The van der Waals surface area contributed by atoms with Gasteiger partial charge < -0.3 is 10.4 Å². The number of carbonyl (C=O) groups is 1. The Morgan fingerprint density at radius 3 is 3.00 bits per heavy atom. The van der Waals surface area contributed by atoms with Gasteiger partial charge in [-0.15, -0.1) is 11.3 Å². The Labute approximate surface area is 105 Å². The molecule has 1 aromatic heterocycles. The van der Waals surface area contributed by atoms with Gasteiger partial charge >= 0.3 is 0 Å². The Bertz CT molecular complexity index is 493. The van der Waals surface area contributed by atoms with Crippen molar-refractivity contribution >= 4 is 17.2 Å². The van der Waals surface area contributed by atoms with Crippen LogP contribution in [-0.4, -0.2) is 23.7 Å². The first-order valence-electron chi connectivity index (χ1n) is 5.52. The summed E-state index contributed by atoms with van der Waals surface area (Å²) in [7, 11) is 0. The molecule has 1 unspecified atom stereocenters. The summed E-state index contributed by atoms with van der Waals surface area (Å²) in [5.41, 5.74) is 0.921. The number of thiophene rings is 1. The molecule has 90 valence electrons. The maximum absolute atomic E-state index is 12.0. The Kier molecular flexibility index (Phi) is 3.23. The monoisotopic (exact) mass is 249 g/mol. The molecule has 0 aliphatic heterocycles. The molecule has 1 aliphatic carbocycles. The predicted molar refractivity (Wildman–Crippen MR) is 67.9 cm³/mol. The van der Waals surface area contributed by atoms with Crippen LogP contribution in [0, 0.1) is 17.3 Å². The molecule has 0 aromatic carbocycles. The van der Waals surface area contributed by atoms with E-state index in [2.05, 4.69) is 31.0 Å². The van der Waals surface area contributed by atoms with Crippen molar-refractivity contribution in [3.8, 4) is 11.8 Å². The standard InChI is InChI=1S/C13H15NO2S/c1-13(2)8-10(13)14-12(16)11-9(4-3-6-15)5-7-17-11/h5,7,10,15H,6,8H2,1-2H3,(H,14,16). The van der Waals surface area contributed by atoms with E-state index in [9.17, 15) is 4.79 Å². The molecular weight excluding hydrogens is 234 g/mol. The van der Waals surface area contributed by atoms with Gasteiger partial charge in [-0.1, -0.05) is 25.7 Å². The quantitative estimate of drug-likeness (QED) is 0.783. The number of nitrogens with one attached hydrogen (secondary N) is 1.